The molecule has 4 aliphatic rings. The molecule has 6 N–H and O–H groups in total. The SMILES string of the molecule is C=CCC[C@H](N=C(OC(C)(C)C)[C@H](CC(C)C)N(C(=O)OC(C)(C)C)C(=O)[C@@H](NC(=O)[C@H](Cc1ccccc1C)NC(=O)[C@H](CCC(=O)O)NC(=O)[C@@H](N)CC(=O)OC(C)(C)C)C(C)(C)C)B1O[C@H]2C[C@@H]3C[C@@H](C3(C)C)[C@]2(C)O1. The number of hydrogen-bond donors (Lipinski definition) is 5. The number of benzene rings is 1. The van der Waals surface area contributed by atoms with Gasteiger partial charge in [-0.2, -0.15) is 0 Å². The Morgan fingerprint density at radius 3 is 1.96 bits per heavy atom. The van der Waals surface area contributed by atoms with E-state index < -0.39 is 132 Å². The Balaban J connectivity index is 1.84. The minimum Gasteiger partial charge on any atom is -0.481 e. The first-order valence-electron chi connectivity index (χ1n) is 28.1. The predicted octanol–water partition coefficient (Wildman–Crippen LogP) is 7.96. The molecule has 3 aliphatic carbocycles. The zero-order valence-electron chi connectivity index (χ0n) is 50.6. The number of nitrogens with one attached hydrogen (secondary N) is 3. The maximum atomic E-state index is 15.9. The zero-order valence-corrected chi connectivity index (χ0v) is 50.6. The number of nitrogens with two attached hydrogens (primary N) is 1. The Bertz CT molecular complexity index is 2400. The van der Waals surface area contributed by atoms with Crippen LogP contribution in [0.2, 0.25) is 0 Å². The van der Waals surface area contributed by atoms with E-state index in [2.05, 4.69) is 43.3 Å². The van der Waals surface area contributed by atoms with Crippen LogP contribution >= 0.6 is 0 Å². The monoisotopic (exact) mass is 1110 g/mol. The van der Waals surface area contributed by atoms with Crippen molar-refractivity contribution < 1.29 is 62.2 Å². The maximum Gasteiger partial charge on any atom is 0.484 e. The molecular weight excluding hydrogens is 1010 g/mol. The van der Waals surface area contributed by atoms with Gasteiger partial charge in [0, 0.05) is 12.8 Å². The van der Waals surface area contributed by atoms with E-state index in [1.807, 2.05) is 53.7 Å². The largest absolute Gasteiger partial charge is 0.484 e. The molecule has 79 heavy (non-hydrogen) atoms. The van der Waals surface area contributed by atoms with Gasteiger partial charge in [-0.05, 0) is 154 Å². The van der Waals surface area contributed by atoms with Crippen molar-refractivity contribution in [1.82, 2.24) is 20.9 Å². The molecule has 1 aliphatic heterocycles. The second kappa shape index (κ2) is 26.1. The van der Waals surface area contributed by atoms with Crippen LogP contribution < -0.4 is 21.7 Å². The number of allylic oxidation sites excluding steroid dienone is 1. The second-order valence-corrected chi connectivity index (χ2v) is 27.2. The summed E-state index contributed by atoms with van der Waals surface area (Å²) < 4.78 is 32.0. The van der Waals surface area contributed by atoms with Crippen molar-refractivity contribution >= 4 is 54.7 Å². The molecule has 442 valence electrons. The number of aliphatic carboxylic acids is 1. The van der Waals surface area contributed by atoms with Crippen LogP contribution in [-0.4, -0.2) is 129 Å². The van der Waals surface area contributed by atoms with E-state index >= 15 is 14.4 Å². The van der Waals surface area contributed by atoms with Crippen molar-refractivity contribution in [3.05, 3.63) is 48.0 Å². The van der Waals surface area contributed by atoms with Crippen LogP contribution in [0.15, 0.2) is 41.9 Å². The number of carboxylic acids is 1. The normalized spacial score (nSPS) is 22.4. The summed E-state index contributed by atoms with van der Waals surface area (Å²) in [5.74, 6) is -5.60. The van der Waals surface area contributed by atoms with Gasteiger partial charge in [-0.25, -0.2) is 9.69 Å². The van der Waals surface area contributed by atoms with E-state index in [9.17, 15) is 24.3 Å². The van der Waals surface area contributed by atoms with Crippen molar-refractivity contribution in [3.8, 4) is 0 Å². The number of amides is 5. The fourth-order valence-electron chi connectivity index (χ4n) is 10.8. The number of aryl methyl sites for hydroxylation is 1. The van der Waals surface area contributed by atoms with Crippen molar-refractivity contribution in [2.24, 2.45) is 39.3 Å². The van der Waals surface area contributed by atoms with E-state index in [1.54, 1.807) is 80.5 Å². The van der Waals surface area contributed by atoms with E-state index in [1.165, 1.54) is 0 Å². The first kappa shape index (κ1) is 66.2. The van der Waals surface area contributed by atoms with Crippen molar-refractivity contribution in [2.45, 2.75) is 247 Å². The number of hydrogen-bond acceptors (Lipinski definition) is 14. The molecule has 0 unspecified atom stereocenters. The molecule has 1 aromatic rings. The highest BCUT2D eigenvalue weighted by Gasteiger charge is 2.68. The van der Waals surface area contributed by atoms with E-state index in [-0.39, 0.29) is 42.1 Å². The quantitative estimate of drug-likeness (QED) is 0.0229. The number of ether oxygens (including phenoxy) is 3. The molecule has 4 fully saturated rings. The third-order valence-electron chi connectivity index (χ3n) is 14.9. The number of carbonyl (C=O) groups is 7. The lowest BCUT2D eigenvalue weighted by molar-refractivity contribution is -0.199. The Kier molecular flexibility index (Phi) is 21.8. The Hall–Kier alpha value is -5.34. The van der Waals surface area contributed by atoms with Gasteiger partial charge in [0.25, 0.3) is 5.91 Å². The Morgan fingerprint density at radius 2 is 1.43 bits per heavy atom. The third-order valence-corrected chi connectivity index (χ3v) is 14.9. The van der Waals surface area contributed by atoms with Gasteiger partial charge in [0.2, 0.25) is 23.6 Å². The number of nitrogens with zero attached hydrogens (tertiary/aromatic N) is 2. The van der Waals surface area contributed by atoms with Crippen LogP contribution in [0, 0.1) is 35.5 Å². The van der Waals surface area contributed by atoms with Crippen LogP contribution in [0.5, 0.6) is 0 Å². The molecule has 10 atom stereocenters. The average molecular weight is 1110 g/mol. The topological polar surface area (TPSA) is 264 Å². The Morgan fingerprint density at radius 1 is 0.848 bits per heavy atom. The molecule has 1 aromatic carbocycles. The fourth-order valence-corrected chi connectivity index (χ4v) is 10.8. The van der Waals surface area contributed by atoms with Crippen LogP contribution in [0.3, 0.4) is 0 Å². The molecule has 20 heteroatoms. The van der Waals surface area contributed by atoms with Gasteiger partial charge in [0.1, 0.15) is 41.0 Å². The summed E-state index contributed by atoms with van der Waals surface area (Å²) in [5.41, 5.74) is 3.02. The lowest BCUT2D eigenvalue weighted by Gasteiger charge is -2.64. The number of carbonyl (C=O) groups excluding carboxylic acids is 6. The number of imide groups is 1. The number of carboxylic acid groups (broad SMARTS) is 1. The van der Waals surface area contributed by atoms with Gasteiger partial charge in [0.15, 0.2) is 0 Å². The molecule has 19 nitrogen and oxygen atoms in total. The molecule has 1 saturated heterocycles. The number of aliphatic imine (C=N–C) groups is 1. The van der Waals surface area contributed by atoms with Gasteiger partial charge in [-0.3, -0.25) is 33.8 Å². The predicted molar refractivity (Wildman–Crippen MR) is 303 cm³/mol. The first-order valence-corrected chi connectivity index (χ1v) is 28.1. The lowest BCUT2D eigenvalue weighted by Crippen LogP contribution is -2.65. The van der Waals surface area contributed by atoms with Crippen molar-refractivity contribution in [1.29, 1.82) is 0 Å². The van der Waals surface area contributed by atoms with E-state index in [0.29, 0.717) is 24.3 Å². The molecule has 2 bridgehead atoms. The van der Waals surface area contributed by atoms with Gasteiger partial charge in [0.05, 0.1) is 30.1 Å². The zero-order chi connectivity index (χ0) is 60.0. The van der Waals surface area contributed by atoms with Crippen LogP contribution in [0.4, 0.5) is 4.79 Å². The van der Waals surface area contributed by atoms with Gasteiger partial charge >= 0.3 is 25.2 Å². The number of rotatable bonds is 23. The van der Waals surface area contributed by atoms with Crippen LogP contribution in [-0.2, 0) is 58.7 Å². The maximum absolute atomic E-state index is 15.9. The third kappa shape index (κ3) is 18.3. The Labute approximate surface area is 470 Å². The number of esters is 1. The highest BCUT2D eigenvalue weighted by Crippen LogP contribution is 2.66. The second-order valence-electron chi connectivity index (χ2n) is 27.2. The standard InChI is InChI=1S/C59H95BN6O13/c1-20-21-26-44(60-78-43-32-37-31-42(58(37,17)18)59(43,19)79-60)64-51(76-56(11,12)13)41(29-34(2)3)66(53(74)77-57(14,15)16)52(73)47(54(5,6)7)65-50(72)40(30-36-25-23-22-24-35(36)4)63-49(71)39(27-28-45(67)68)62-48(70)38(61)33-46(69)75-55(8,9)10/h20,22-25,34,37-44,47H,1,21,26-33,61H2,2-19H3,(H,62,70)(H,63,71)(H,65,72)(H,67,68)/t37-,38-,39-,40-,41-,42-,43-,44-,47+,59-/m0/s1. The van der Waals surface area contributed by atoms with Gasteiger partial charge < -0.3 is 50.3 Å². The van der Waals surface area contributed by atoms with Crippen molar-refractivity contribution in [2.75, 3.05) is 0 Å². The summed E-state index contributed by atoms with van der Waals surface area (Å²) in [4.78, 5) is 105. The summed E-state index contributed by atoms with van der Waals surface area (Å²) in [6, 6.07) is 0.00788. The van der Waals surface area contributed by atoms with Gasteiger partial charge in [-0.15, -0.1) is 6.58 Å². The molecule has 5 rings (SSSR count). The van der Waals surface area contributed by atoms with E-state index in [4.69, 9.17) is 34.2 Å². The summed E-state index contributed by atoms with van der Waals surface area (Å²) in [5, 5.41) is 17.8. The summed E-state index contributed by atoms with van der Waals surface area (Å²) >= 11 is 0. The minimum absolute atomic E-state index is 0.0651. The lowest BCUT2D eigenvalue weighted by atomic mass is 9.43. The fraction of sp³-hybridized carbons (Fsp3) is 0.729. The molecule has 1 heterocycles. The van der Waals surface area contributed by atoms with Crippen molar-refractivity contribution in [3.63, 3.8) is 0 Å². The molecule has 3 saturated carbocycles. The molecule has 5 amide bonds. The van der Waals surface area contributed by atoms with E-state index in [0.717, 1.165) is 23.3 Å². The summed E-state index contributed by atoms with van der Waals surface area (Å²) in [7, 11) is -0.790. The van der Waals surface area contributed by atoms with Crippen LogP contribution in [0.1, 0.15) is 180 Å². The molecule has 0 radical (unpaired) electrons. The van der Waals surface area contributed by atoms with Gasteiger partial charge in [-0.1, -0.05) is 78.8 Å². The van der Waals surface area contributed by atoms with Crippen LogP contribution in [0.25, 0.3) is 0 Å². The smallest absolute Gasteiger partial charge is 0.481 e. The summed E-state index contributed by atoms with van der Waals surface area (Å²) in [6.45, 7) is 37.1. The summed E-state index contributed by atoms with van der Waals surface area (Å²) in [6.07, 6.45) is 2.00. The highest BCUT2D eigenvalue weighted by molar-refractivity contribution is 6.47. The highest BCUT2D eigenvalue weighted by atomic mass is 16.7. The minimum atomic E-state index is -1.54. The molecular formula is C59H95BN6O13. The average Bonchev–Trinajstić information content (AvgIpc) is 3.83. The molecule has 0 aromatic heterocycles. The first-order chi connectivity index (χ1) is 36.2. The molecule has 0 spiro atoms.